The summed E-state index contributed by atoms with van der Waals surface area (Å²) in [5.41, 5.74) is 0.915. The number of rotatable bonds is 2. The van der Waals surface area contributed by atoms with Gasteiger partial charge in [0.15, 0.2) is 0 Å². The van der Waals surface area contributed by atoms with Crippen LogP contribution < -0.4 is 9.47 Å². The first-order chi connectivity index (χ1) is 9.24. The van der Waals surface area contributed by atoms with Crippen LogP contribution in [0.25, 0.3) is 16.8 Å². The van der Waals surface area contributed by atoms with E-state index < -0.39 is 5.97 Å². The Balaban J connectivity index is 2.27. The fourth-order valence-electron chi connectivity index (χ4n) is 2.25. The molecule has 0 bridgehead atoms. The molecule has 0 spiro atoms. The number of hydrogen-bond donors (Lipinski definition) is 0. The first kappa shape index (κ1) is 11.6. The monoisotopic (exact) mass is 256 g/mol. The molecule has 0 saturated heterocycles. The lowest BCUT2D eigenvalue weighted by Gasteiger charge is -2.18. The quantitative estimate of drug-likeness (QED) is 0.775. The molecule has 0 saturated carbocycles. The van der Waals surface area contributed by atoms with Crippen molar-refractivity contribution in [1.29, 1.82) is 0 Å². The van der Waals surface area contributed by atoms with Gasteiger partial charge in [-0.15, -0.1) is 0 Å². The average molecular weight is 256 g/mol. The maximum Gasteiger partial charge on any atom is 0.373 e. The normalized spacial score (nSPS) is 12.6. The van der Waals surface area contributed by atoms with Crippen molar-refractivity contribution < 1.29 is 19.0 Å². The zero-order valence-corrected chi connectivity index (χ0v) is 10.6. The van der Waals surface area contributed by atoms with Crippen molar-refractivity contribution in [3.05, 3.63) is 41.7 Å². The van der Waals surface area contributed by atoms with Crippen molar-refractivity contribution in [2.45, 2.75) is 0 Å². The third kappa shape index (κ3) is 1.73. The predicted octanol–water partition coefficient (Wildman–Crippen LogP) is 2.75. The van der Waals surface area contributed by atoms with Gasteiger partial charge in [-0.1, -0.05) is 18.2 Å². The lowest BCUT2D eigenvalue weighted by Crippen LogP contribution is -2.13. The summed E-state index contributed by atoms with van der Waals surface area (Å²) in [4.78, 5) is 11.6. The van der Waals surface area contributed by atoms with Crippen LogP contribution in [0.5, 0.6) is 11.5 Å². The van der Waals surface area contributed by atoms with E-state index in [1.165, 1.54) is 7.11 Å². The first-order valence-corrected chi connectivity index (χ1v) is 5.82. The van der Waals surface area contributed by atoms with Crippen molar-refractivity contribution in [2.75, 3.05) is 14.2 Å². The van der Waals surface area contributed by atoms with Gasteiger partial charge in [0.05, 0.1) is 14.2 Å². The Bertz CT molecular complexity index is 701. The van der Waals surface area contributed by atoms with Crippen molar-refractivity contribution in [1.82, 2.24) is 0 Å². The number of methoxy groups -OCH3 is 2. The molecule has 1 aliphatic rings. The second-order valence-electron chi connectivity index (χ2n) is 4.14. The van der Waals surface area contributed by atoms with Gasteiger partial charge < -0.3 is 14.2 Å². The van der Waals surface area contributed by atoms with Gasteiger partial charge in [-0.25, -0.2) is 4.79 Å². The van der Waals surface area contributed by atoms with Crippen molar-refractivity contribution in [2.24, 2.45) is 0 Å². The number of esters is 1. The molecule has 0 aromatic heterocycles. The second kappa shape index (κ2) is 4.31. The molecule has 0 radical (unpaired) electrons. The van der Waals surface area contributed by atoms with E-state index >= 15 is 0 Å². The molecule has 0 amide bonds. The summed E-state index contributed by atoms with van der Waals surface area (Å²) < 4.78 is 15.6. The molecule has 2 aromatic rings. The average Bonchev–Trinajstić information content (AvgIpc) is 2.47. The third-order valence-electron chi connectivity index (χ3n) is 3.11. The van der Waals surface area contributed by atoms with E-state index in [1.807, 2.05) is 30.3 Å². The standard InChI is InChI=1S/C15H12O4/c1-17-11-7-6-9-8-13(15(16)18-2)19-12-5-3-4-10(11)14(9)12/h3-8H,1-2H3. The number of ether oxygens (including phenoxy) is 3. The summed E-state index contributed by atoms with van der Waals surface area (Å²) in [5, 5.41) is 1.90. The van der Waals surface area contributed by atoms with Gasteiger partial charge in [0, 0.05) is 10.8 Å². The number of carbonyl (C=O) groups is 1. The lowest BCUT2D eigenvalue weighted by molar-refractivity contribution is -0.138. The number of carbonyl (C=O) groups excluding carboxylic acids is 1. The van der Waals surface area contributed by atoms with Gasteiger partial charge in [-0.3, -0.25) is 0 Å². The van der Waals surface area contributed by atoms with Gasteiger partial charge in [0.25, 0.3) is 0 Å². The minimum absolute atomic E-state index is 0.188. The molecule has 4 nitrogen and oxygen atoms in total. The molecule has 0 aliphatic carbocycles. The molecule has 1 aliphatic heterocycles. The minimum Gasteiger partial charge on any atom is -0.496 e. The van der Waals surface area contributed by atoms with E-state index in [-0.39, 0.29) is 5.76 Å². The van der Waals surface area contributed by atoms with Crippen LogP contribution in [0, 0.1) is 0 Å². The van der Waals surface area contributed by atoms with Crippen molar-refractivity contribution >= 4 is 22.8 Å². The van der Waals surface area contributed by atoms with Gasteiger partial charge in [0.2, 0.25) is 5.76 Å². The largest absolute Gasteiger partial charge is 0.496 e. The van der Waals surface area contributed by atoms with E-state index in [0.29, 0.717) is 5.75 Å². The van der Waals surface area contributed by atoms with Gasteiger partial charge >= 0.3 is 5.97 Å². The molecule has 0 N–H and O–H groups in total. The third-order valence-corrected chi connectivity index (χ3v) is 3.11. The van der Waals surface area contributed by atoms with Crippen LogP contribution in [-0.2, 0) is 9.53 Å². The van der Waals surface area contributed by atoms with Crippen LogP contribution in [0.15, 0.2) is 36.1 Å². The fraction of sp³-hybridized carbons (Fsp3) is 0.133. The molecule has 4 heteroatoms. The highest BCUT2D eigenvalue weighted by atomic mass is 16.6. The molecule has 1 heterocycles. The summed E-state index contributed by atoms with van der Waals surface area (Å²) in [6.07, 6.45) is 1.68. The SMILES string of the molecule is COC(=O)C1=Cc2ccc(OC)c3cccc(c23)O1. The molecule has 0 atom stereocenters. The zero-order valence-electron chi connectivity index (χ0n) is 10.6. The number of benzene rings is 2. The van der Waals surface area contributed by atoms with E-state index in [0.717, 1.165) is 22.1 Å². The van der Waals surface area contributed by atoms with E-state index in [9.17, 15) is 4.79 Å². The smallest absolute Gasteiger partial charge is 0.373 e. The Morgan fingerprint density at radius 2 is 2.00 bits per heavy atom. The summed E-state index contributed by atoms with van der Waals surface area (Å²) >= 11 is 0. The highest BCUT2D eigenvalue weighted by Gasteiger charge is 2.21. The summed E-state index contributed by atoms with van der Waals surface area (Å²) in [7, 11) is 2.96. The van der Waals surface area contributed by atoms with E-state index in [1.54, 1.807) is 13.2 Å². The van der Waals surface area contributed by atoms with Crippen LogP contribution in [0.2, 0.25) is 0 Å². The van der Waals surface area contributed by atoms with Crippen LogP contribution in [0.3, 0.4) is 0 Å². The maximum absolute atomic E-state index is 11.6. The Morgan fingerprint density at radius 1 is 1.16 bits per heavy atom. The van der Waals surface area contributed by atoms with Crippen molar-refractivity contribution in [3.63, 3.8) is 0 Å². The highest BCUT2D eigenvalue weighted by molar-refractivity contribution is 6.04. The Hall–Kier alpha value is -2.49. The van der Waals surface area contributed by atoms with Crippen LogP contribution >= 0.6 is 0 Å². The Labute approximate surface area is 110 Å². The molecule has 96 valence electrons. The predicted molar refractivity (Wildman–Crippen MR) is 71.1 cm³/mol. The summed E-state index contributed by atoms with van der Waals surface area (Å²) in [5.74, 6) is 1.11. The topological polar surface area (TPSA) is 44.8 Å². The summed E-state index contributed by atoms with van der Waals surface area (Å²) in [6, 6.07) is 9.42. The van der Waals surface area contributed by atoms with E-state index in [2.05, 4.69) is 4.74 Å². The van der Waals surface area contributed by atoms with Gasteiger partial charge in [0.1, 0.15) is 11.5 Å². The lowest BCUT2D eigenvalue weighted by atomic mass is 10.0. The Kier molecular flexibility index (Phi) is 2.63. The minimum atomic E-state index is -0.488. The fourth-order valence-corrected chi connectivity index (χ4v) is 2.25. The van der Waals surface area contributed by atoms with Crippen LogP contribution in [-0.4, -0.2) is 20.2 Å². The molecule has 2 aromatic carbocycles. The van der Waals surface area contributed by atoms with Crippen LogP contribution in [0.1, 0.15) is 5.56 Å². The highest BCUT2D eigenvalue weighted by Crippen LogP contribution is 2.39. The second-order valence-corrected chi connectivity index (χ2v) is 4.14. The molecule has 0 fully saturated rings. The van der Waals surface area contributed by atoms with Crippen LogP contribution in [0.4, 0.5) is 0 Å². The molecular formula is C15H12O4. The molecule has 3 rings (SSSR count). The first-order valence-electron chi connectivity index (χ1n) is 5.82. The molecular weight excluding hydrogens is 244 g/mol. The molecule has 0 unspecified atom stereocenters. The van der Waals surface area contributed by atoms with Crippen molar-refractivity contribution in [3.8, 4) is 11.5 Å². The zero-order chi connectivity index (χ0) is 13.4. The van der Waals surface area contributed by atoms with Gasteiger partial charge in [-0.2, -0.15) is 0 Å². The molecule has 19 heavy (non-hydrogen) atoms. The summed E-state index contributed by atoms with van der Waals surface area (Å²) in [6.45, 7) is 0. The number of hydrogen-bond acceptors (Lipinski definition) is 4. The van der Waals surface area contributed by atoms with E-state index in [4.69, 9.17) is 9.47 Å². The maximum atomic E-state index is 11.6. The van der Waals surface area contributed by atoms with Gasteiger partial charge in [-0.05, 0) is 23.8 Å². The Morgan fingerprint density at radius 3 is 2.74 bits per heavy atom.